The molecule has 1 N–H and O–H groups in total. The molecule has 3 aromatic carbocycles. The average molecular weight is 369 g/mol. The van der Waals surface area contributed by atoms with E-state index in [1.807, 2.05) is 18.2 Å². The van der Waals surface area contributed by atoms with E-state index < -0.39 is 11.7 Å². The lowest BCUT2D eigenvalue weighted by atomic mass is 10.00. The molecule has 1 atom stereocenters. The summed E-state index contributed by atoms with van der Waals surface area (Å²) in [6.07, 6.45) is 0.0719. The summed E-state index contributed by atoms with van der Waals surface area (Å²) < 4.78 is 38.2. The highest BCUT2D eigenvalue weighted by atomic mass is 19.4. The molecule has 0 amide bonds. The van der Waals surface area contributed by atoms with Gasteiger partial charge in [0.2, 0.25) is 0 Å². The summed E-state index contributed by atoms with van der Waals surface area (Å²) in [5.41, 5.74) is 1.19. The predicted octanol–water partition coefficient (Wildman–Crippen LogP) is 6.61. The molecular weight excluding hydrogens is 347 g/mol. The number of nitrogens with one attached hydrogen (secondary N) is 1. The van der Waals surface area contributed by atoms with E-state index in [-0.39, 0.29) is 6.04 Å². The monoisotopic (exact) mass is 369 g/mol. The smallest absolute Gasteiger partial charge is 0.310 e. The topological polar surface area (TPSA) is 12.0 Å². The van der Waals surface area contributed by atoms with Crippen LogP contribution in [0.3, 0.4) is 0 Å². The van der Waals surface area contributed by atoms with Gasteiger partial charge < -0.3 is 5.32 Å². The lowest BCUT2D eigenvalue weighted by molar-refractivity contribution is -0.137. The fourth-order valence-corrected chi connectivity index (χ4v) is 3.16. The zero-order valence-corrected chi connectivity index (χ0v) is 15.1. The first-order valence-corrected chi connectivity index (χ1v) is 9.00. The quantitative estimate of drug-likeness (QED) is 0.482. The van der Waals surface area contributed by atoms with Crippen LogP contribution in [-0.2, 0) is 6.18 Å². The molecule has 0 saturated carbocycles. The lowest BCUT2D eigenvalue weighted by Crippen LogP contribution is -2.19. The third kappa shape index (κ3) is 4.98. The average Bonchev–Trinajstić information content (AvgIpc) is 2.66. The molecule has 3 rings (SSSR count). The fourth-order valence-electron chi connectivity index (χ4n) is 3.16. The molecule has 0 saturated heterocycles. The SMILES string of the molecule is CC(NCCC=Cc1cccc(C(F)(F)F)c1)c1cccc2ccccc12. The second-order valence-electron chi connectivity index (χ2n) is 6.56. The minimum atomic E-state index is -4.31. The van der Waals surface area contributed by atoms with Crippen molar-refractivity contribution in [3.63, 3.8) is 0 Å². The van der Waals surface area contributed by atoms with Gasteiger partial charge in [-0.25, -0.2) is 0 Å². The van der Waals surface area contributed by atoms with Gasteiger partial charge in [0.1, 0.15) is 0 Å². The first-order valence-electron chi connectivity index (χ1n) is 9.00. The normalized spacial score (nSPS) is 13.3. The van der Waals surface area contributed by atoms with E-state index in [2.05, 4.69) is 42.6 Å². The zero-order valence-electron chi connectivity index (χ0n) is 15.1. The van der Waals surface area contributed by atoms with Crippen molar-refractivity contribution in [2.45, 2.75) is 25.6 Å². The molecule has 4 heteroatoms. The van der Waals surface area contributed by atoms with Gasteiger partial charge in [-0.1, -0.05) is 66.7 Å². The molecule has 1 unspecified atom stereocenters. The maximum absolute atomic E-state index is 12.7. The van der Waals surface area contributed by atoms with E-state index in [1.165, 1.54) is 28.5 Å². The van der Waals surface area contributed by atoms with Gasteiger partial charge in [-0.15, -0.1) is 0 Å². The van der Waals surface area contributed by atoms with Crippen molar-refractivity contribution in [1.82, 2.24) is 5.32 Å². The van der Waals surface area contributed by atoms with E-state index in [9.17, 15) is 13.2 Å². The van der Waals surface area contributed by atoms with Crippen LogP contribution in [0.4, 0.5) is 13.2 Å². The molecule has 27 heavy (non-hydrogen) atoms. The van der Waals surface area contributed by atoms with Crippen LogP contribution in [0.15, 0.2) is 72.8 Å². The second kappa shape index (κ2) is 8.40. The number of rotatable bonds is 6. The van der Waals surface area contributed by atoms with Crippen molar-refractivity contribution in [1.29, 1.82) is 0 Å². The number of alkyl halides is 3. The number of hydrogen-bond donors (Lipinski definition) is 1. The van der Waals surface area contributed by atoms with Crippen molar-refractivity contribution in [2.75, 3.05) is 6.54 Å². The number of hydrogen-bond acceptors (Lipinski definition) is 1. The summed E-state index contributed by atoms with van der Waals surface area (Å²) in [6.45, 7) is 2.87. The van der Waals surface area contributed by atoms with Gasteiger partial charge in [0.15, 0.2) is 0 Å². The third-order valence-corrected chi connectivity index (χ3v) is 4.58. The molecule has 0 fully saturated rings. The maximum Gasteiger partial charge on any atom is 0.416 e. The molecule has 0 heterocycles. The first-order chi connectivity index (χ1) is 12.9. The van der Waals surface area contributed by atoms with Crippen LogP contribution in [-0.4, -0.2) is 6.54 Å². The molecular formula is C23H22F3N. The summed E-state index contributed by atoms with van der Waals surface area (Å²) >= 11 is 0. The van der Waals surface area contributed by atoms with Gasteiger partial charge in [-0.2, -0.15) is 13.2 Å². The van der Waals surface area contributed by atoms with Crippen molar-refractivity contribution < 1.29 is 13.2 Å². The van der Waals surface area contributed by atoms with Gasteiger partial charge in [0.25, 0.3) is 0 Å². The largest absolute Gasteiger partial charge is 0.416 e. The molecule has 1 nitrogen and oxygen atoms in total. The molecule has 0 bridgehead atoms. The van der Waals surface area contributed by atoms with Gasteiger partial charge in [-0.3, -0.25) is 0 Å². The van der Waals surface area contributed by atoms with E-state index in [0.717, 1.165) is 19.0 Å². The predicted molar refractivity (Wildman–Crippen MR) is 105 cm³/mol. The van der Waals surface area contributed by atoms with Crippen LogP contribution in [0.2, 0.25) is 0 Å². The second-order valence-corrected chi connectivity index (χ2v) is 6.56. The van der Waals surface area contributed by atoms with E-state index in [0.29, 0.717) is 5.56 Å². The van der Waals surface area contributed by atoms with Crippen molar-refractivity contribution >= 4 is 16.8 Å². The van der Waals surface area contributed by atoms with Crippen LogP contribution in [0.5, 0.6) is 0 Å². The van der Waals surface area contributed by atoms with Crippen molar-refractivity contribution in [3.05, 3.63) is 89.5 Å². The Morgan fingerprint density at radius 2 is 1.70 bits per heavy atom. The van der Waals surface area contributed by atoms with E-state index in [4.69, 9.17) is 0 Å². The summed E-state index contributed by atoms with van der Waals surface area (Å²) in [4.78, 5) is 0. The van der Waals surface area contributed by atoms with Crippen LogP contribution in [0.25, 0.3) is 16.8 Å². The van der Waals surface area contributed by atoms with Gasteiger partial charge in [0.05, 0.1) is 5.56 Å². The highest BCUT2D eigenvalue weighted by Gasteiger charge is 2.30. The molecule has 0 aromatic heterocycles. The molecule has 3 aromatic rings. The molecule has 0 aliphatic rings. The van der Waals surface area contributed by atoms with Crippen molar-refractivity contribution in [3.8, 4) is 0 Å². The summed E-state index contributed by atoms with van der Waals surface area (Å²) in [7, 11) is 0. The Morgan fingerprint density at radius 3 is 2.52 bits per heavy atom. The Bertz CT molecular complexity index is 923. The minimum Gasteiger partial charge on any atom is -0.310 e. The molecule has 0 spiro atoms. The summed E-state index contributed by atoms with van der Waals surface area (Å²) in [5.74, 6) is 0. The Hall–Kier alpha value is -2.59. The van der Waals surface area contributed by atoms with Crippen LogP contribution in [0.1, 0.15) is 36.1 Å². The van der Waals surface area contributed by atoms with Crippen LogP contribution >= 0.6 is 0 Å². The molecule has 140 valence electrons. The Morgan fingerprint density at radius 1 is 0.963 bits per heavy atom. The van der Waals surface area contributed by atoms with Crippen LogP contribution in [0, 0.1) is 0 Å². The highest BCUT2D eigenvalue weighted by Crippen LogP contribution is 2.29. The Balaban J connectivity index is 1.56. The molecule has 0 aliphatic heterocycles. The van der Waals surface area contributed by atoms with Gasteiger partial charge >= 0.3 is 6.18 Å². The maximum atomic E-state index is 12.7. The first kappa shape index (κ1) is 19.2. The number of fused-ring (bicyclic) bond motifs is 1. The highest BCUT2D eigenvalue weighted by molar-refractivity contribution is 5.86. The summed E-state index contributed by atoms with van der Waals surface area (Å²) in [6, 6.07) is 20.1. The van der Waals surface area contributed by atoms with Crippen LogP contribution < -0.4 is 5.32 Å². The van der Waals surface area contributed by atoms with Gasteiger partial charge in [-0.05, 0) is 53.9 Å². The zero-order chi connectivity index (χ0) is 19.3. The Labute approximate surface area is 157 Å². The number of benzene rings is 3. The Kier molecular flexibility index (Phi) is 5.97. The van der Waals surface area contributed by atoms with E-state index >= 15 is 0 Å². The van der Waals surface area contributed by atoms with Gasteiger partial charge in [0, 0.05) is 6.04 Å². The van der Waals surface area contributed by atoms with Crippen molar-refractivity contribution in [2.24, 2.45) is 0 Å². The molecule has 0 radical (unpaired) electrons. The summed E-state index contributed by atoms with van der Waals surface area (Å²) in [5, 5.41) is 5.93. The third-order valence-electron chi connectivity index (χ3n) is 4.58. The molecule has 0 aliphatic carbocycles. The standard InChI is InChI=1S/C23H22F3N/c1-17(21-14-7-11-19-10-2-3-13-22(19)21)27-15-5-4-8-18-9-6-12-20(16-18)23(24,25)26/h2-4,6-14,16-17,27H,5,15H2,1H3. The minimum absolute atomic E-state index is 0.193. The fraction of sp³-hybridized carbons (Fsp3) is 0.217. The van der Waals surface area contributed by atoms with E-state index in [1.54, 1.807) is 12.1 Å². The number of halogens is 3. The lowest BCUT2D eigenvalue weighted by Gasteiger charge is -2.16.